The summed E-state index contributed by atoms with van der Waals surface area (Å²) in [4.78, 5) is 10.3. The molecule has 54 valence electrons. The summed E-state index contributed by atoms with van der Waals surface area (Å²) in [6, 6.07) is 0. The molecule has 0 spiro atoms. The molecule has 0 radical (unpaired) electrons. The van der Waals surface area contributed by atoms with Crippen molar-refractivity contribution >= 4 is 6.29 Å². The molecule has 0 aromatic carbocycles. The maximum Gasteiger partial charge on any atom is 0.153 e. The molecule has 0 saturated heterocycles. The summed E-state index contributed by atoms with van der Waals surface area (Å²) >= 11 is 0. The SMILES string of the molecule is CC1=COCC(O)=C1C=O. The van der Waals surface area contributed by atoms with Crippen molar-refractivity contribution in [3.05, 3.63) is 23.2 Å². The fourth-order valence-corrected chi connectivity index (χ4v) is 0.775. The minimum absolute atomic E-state index is 0.00926. The summed E-state index contributed by atoms with van der Waals surface area (Å²) in [7, 11) is 0. The van der Waals surface area contributed by atoms with Gasteiger partial charge in [-0.25, -0.2) is 0 Å². The lowest BCUT2D eigenvalue weighted by Gasteiger charge is -2.11. The fraction of sp³-hybridized carbons (Fsp3) is 0.286. The van der Waals surface area contributed by atoms with Crippen LogP contribution in [-0.4, -0.2) is 18.0 Å². The van der Waals surface area contributed by atoms with Crippen molar-refractivity contribution in [2.45, 2.75) is 6.92 Å². The van der Waals surface area contributed by atoms with Crippen LogP contribution in [0.1, 0.15) is 6.92 Å². The second-order valence-corrected chi connectivity index (χ2v) is 2.09. The van der Waals surface area contributed by atoms with Crippen molar-refractivity contribution in [3.8, 4) is 0 Å². The third kappa shape index (κ3) is 1.03. The maximum absolute atomic E-state index is 10.3. The molecule has 1 N–H and O–H groups in total. The third-order valence-electron chi connectivity index (χ3n) is 1.33. The van der Waals surface area contributed by atoms with Crippen LogP contribution in [-0.2, 0) is 9.53 Å². The predicted molar refractivity (Wildman–Crippen MR) is 35.4 cm³/mol. The molecule has 3 heteroatoms. The molecule has 0 saturated carbocycles. The highest BCUT2D eigenvalue weighted by Crippen LogP contribution is 2.15. The topological polar surface area (TPSA) is 46.5 Å². The number of hydrogen-bond acceptors (Lipinski definition) is 3. The first kappa shape index (κ1) is 6.86. The lowest BCUT2D eigenvalue weighted by molar-refractivity contribution is -0.105. The second kappa shape index (κ2) is 2.56. The molecule has 0 amide bonds. The van der Waals surface area contributed by atoms with E-state index in [0.717, 1.165) is 0 Å². The Morgan fingerprint density at radius 3 is 2.90 bits per heavy atom. The first-order valence-electron chi connectivity index (χ1n) is 2.91. The van der Waals surface area contributed by atoms with E-state index in [1.165, 1.54) is 6.26 Å². The van der Waals surface area contributed by atoms with Crippen LogP contribution in [0.3, 0.4) is 0 Å². The number of ether oxygens (including phenoxy) is 1. The lowest BCUT2D eigenvalue weighted by atomic mass is 10.1. The van der Waals surface area contributed by atoms with Gasteiger partial charge >= 0.3 is 0 Å². The summed E-state index contributed by atoms with van der Waals surface area (Å²) in [5.41, 5.74) is 1.00. The Labute approximate surface area is 58.6 Å². The van der Waals surface area contributed by atoms with Gasteiger partial charge in [-0.3, -0.25) is 4.79 Å². The van der Waals surface area contributed by atoms with Gasteiger partial charge in [0.15, 0.2) is 6.29 Å². The van der Waals surface area contributed by atoms with E-state index in [0.29, 0.717) is 17.4 Å². The van der Waals surface area contributed by atoms with Gasteiger partial charge in [-0.2, -0.15) is 0 Å². The Hall–Kier alpha value is -1.25. The molecule has 0 aliphatic carbocycles. The highest BCUT2D eigenvalue weighted by Gasteiger charge is 2.11. The lowest BCUT2D eigenvalue weighted by Crippen LogP contribution is -2.06. The van der Waals surface area contributed by atoms with E-state index in [4.69, 9.17) is 9.84 Å². The van der Waals surface area contributed by atoms with E-state index >= 15 is 0 Å². The smallest absolute Gasteiger partial charge is 0.153 e. The Kier molecular flexibility index (Phi) is 1.76. The molecule has 0 atom stereocenters. The molecule has 1 heterocycles. The molecule has 0 fully saturated rings. The normalized spacial score (nSPS) is 17.9. The van der Waals surface area contributed by atoms with Gasteiger partial charge in [0, 0.05) is 0 Å². The quantitative estimate of drug-likeness (QED) is 0.551. The van der Waals surface area contributed by atoms with Gasteiger partial charge in [-0.1, -0.05) is 0 Å². The van der Waals surface area contributed by atoms with Crippen LogP contribution in [0.15, 0.2) is 23.2 Å². The van der Waals surface area contributed by atoms with Gasteiger partial charge < -0.3 is 9.84 Å². The number of hydrogen-bond donors (Lipinski definition) is 1. The minimum Gasteiger partial charge on any atom is -0.508 e. The fourth-order valence-electron chi connectivity index (χ4n) is 0.775. The van der Waals surface area contributed by atoms with E-state index in [9.17, 15) is 4.79 Å². The number of allylic oxidation sites excluding steroid dienone is 2. The molecular formula is C7H8O3. The summed E-state index contributed by atoms with van der Waals surface area (Å²) in [5.74, 6) is 0.00926. The highest BCUT2D eigenvalue weighted by atomic mass is 16.5. The Bertz CT molecular complexity index is 213. The van der Waals surface area contributed by atoms with Crippen LogP contribution in [0.4, 0.5) is 0 Å². The number of carbonyl (C=O) groups is 1. The summed E-state index contributed by atoms with van der Waals surface area (Å²) in [6.45, 7) is 1.81. The second-order valence-electron chi connectivity index (χ2n) is 2.09. The third-order valence-corrected chi connectivity index (χ3v) is 1.33. The maximum atomic E-state index is 10.3. The molecule has 0 aromatic heterocycles. The molecule has 1 aliphatic rings. The van der Waals surface area contributed by atoms with Crippen LogP contribution in [0.2, 0.25) is 0 Å². The molecule has 0 bridgehead atoms. The van der Waals surface area contributed by atoms with Gasteiger partial charge in [0.1, 0.15) is 12.4 Å². The number of aldehydes is 1. The summed E-state index contributed by atoms with van der Waals surface area (Å²) in [6.07, 6.45) is 2.09. The van der Waals surface area contributed by atoms with Gasteiger partial charge in [0.05, 0.1) is 11.8 Å². The van der Waals surface area contributed by atoms with Gasteiger partial charge in [0.25, 0.3) is 0 Å². The Morgan fingerprint density at radius 1 is 1.80 bits per heavy atom. The average molecular weight is 140 g/mol. The van der Waals surface area contributed by atoms with Crippen molar-refractivity contribution in [2.24, 2.45) is 0 Å². The molecule has 1 aliphatic heterocycles. The van der Waals surface area contributed by atoms with Gasteiger partial charge in [0.2, 0.25) is 0 Å². The van der Waals surface area contributed by atoms with Crippen LogP contribution >= 0.6 is 0 Å². The molecule has 3 nitrogen and oxygen atoms in total. The zero-order chi connectivity index (χ0) is 7.56. The molecule has 0 unspecified atom stereocenters. The zero-order valence-electron chi connectivity index (χ0n) is 5.63. The minimum atomic E-state index is 0.00926. The van der Waals surface area contributed by atoms with Gasteiger partial charge in [-0.15, -0.1) is 0 Å². The Balaban J connectivity index is 2.97. The largest absolute Gasteiger partial charge is 0.508 e. The van der Waals surface area contributed by atoms with Crippen molar-refractivity contribution in [1.29, 1.82) is 0 Å². The molecular weight excluding hydrogens is 132 g/mol. The first-order chi connectivity index (χ1) is 4.75. The summed E-state index contributed by atoms with van der Waals surface area (Å²) in [5, 5.41) is 9.02. The van der Waals surface area contributed by atoms with Crippen molar-refractivity contribution in [1.82, 2.24) is 0 Å². The standard InChI is InChI=1S/C7H8O3/c1-5-3-10-4-7(9)6(5)2-8/h2-3,9H,4H2,1H3. The van der Waals surface area contributed by atoms with Crippen LogP contribution < -0.4 is 0 Å². The van der Waals surface area contributed by atoms with E-state index in [1.807, 2.05) is 0 Å². The van der Waals surface area contributed by atoms with Gasteiger partial charge in [-0.05, 0) is 12.5 Å². The van der Waals surface area contributed by atoms with E-state index in [2.05, 4.69) is 0 Å². The van der Waals surface area contributed by atoms with E-state index in [1.54, 1.807) is 6.92 Å². The van der Waals surface area contributed by atoms with Crippen molar-refractivity contribution in [2.75, 3.05) is 6.61 Å². The number of rotatable bonds is 1. The predicted octanol–water partition coefficient (Wildman–Crippen LogP) is 0.931. The first-order valence-corrected chi connectivity index (χ1v) is 2.91. The average Bonchev–Trinajstić information content (AvgIpc) is 1.88. The van der Waals surface area contributed by atoms with Crippen LogP contribution in [0, 0.1) is 0 Å². The number of carbonyl (C=O) groups excluding carboxylic acids is 1. The Morgan fingerprint density at radius 2 is 2.50 bits per heavy atom. The molecule has 0 aromatic rings. The van der Waals surface area contributed by atoms with Crippen LogP contribution in [0.25, 0.3) is 0 Å². The monoisotopic (exact) mass is 140 g/mol. The summed E-state index contributed by atoms with van der Waals surface area (Å²) < 4.78 is 4.80. The number of aliphatic hydroxyl groups excluding tert-OH is 1. The van der Waals surface area contributed by atoms with E-state index < -0.39 is 0 Å². The molecule has 1 rings (SSSR count). The van der Waals surface area contributed by atoms with Crippen molar-refractivity contribution in [3.63, 3.8) is 0 Å². The molecule has 10 heavy (non-hydrogen) atoms. The van der Waals surface area contributed by atoms with Crippen LogP contribution in [0.5, 0.6) is 0 Å². The van der Waals surface area contributed by atoms with E-state index in [-0.39, 0.29) is 12.4 Å². The zero-order valence-corrected chi connectivity index (χ0v) is 5.63. The highest BCUT2D eigenvalue weighted by molar-refractivity contribution is 5.80. The van der Waals surface area contributed by atoms with Crippen molar-refractivity contribution < 1.29 is 14.6 Å². The number of aliphatic hydroxyl groups is 1.